The van der Waals surface area contributed by atoms with E-state index >= 15 is 0 Å². The van der Waals surface area contributed by atoms with Crippen molar-refractivity contribution in [3.63, 3.8) is 0 Å². The summed E-state index contributed by atoms with van der Waals surface area (Å²) in [6.07, 6.45) is 8.88. The summed E-state index contributed by atoms with van der Waals surface area (Å²) in [5.41, 5.74) is 2.10. The molecule has 1 N–H and O–H groups in total. The van der Waals surface area contributed by atoms with Crippen molar-refractivity contribution in [1.82, 2.24) is 24.5 Å². The molecule has 0 radical (unpaired) electrons. The molecule has 0 aliphatic carbocycles. The number of carbonyl (C=O) groups excluding carboxylic acids is 1. The smallest absolute Gasteiger partial charge is 0.234 e. The summed E-state index contributed by atoms with van der Waals surface area (Å²) in [7, 11) is 0. The monoisotopic (exact) mass is 371 g/mol. The van der Waals surface area contributed by atoms with E-state index in [9.17, 15) is 4.79 Å². The second kappa shape index (κ2) is 9.85. The third kappa shape index (κ3) is 6.04. The van der Waals surface area contributed by atoms with Crippen molar-refractivity contribution in [2.45, 2.75) is 52.1 Å². The Morgan fingerprint density at radius 3 is 2.70 bits per heavy atom. The fraction of sp³-hybridized carbons (Fsp3) is 0.619. The normalized spacial score (nSPS) is 17.3. The Labute approximate surface area is 162 Å². The zero-order valence-electron chi connectivity index (χ0n) is 16.7. The van der Waals surface area contributed by atoms with Crippen LogP contribution in [-0.2, 0) is 11.3 Å². The van der Waals surface area contributed by atoms with Crippen molar-refractivity contribution in [3.8, 4) is 0 Å². The van der Waals surface area contributed by atoms with E-state index in [1.54, 1.807) is 0 Å². The predicted molar refractivity (Wildman–Crippen MR) is 109 cm³/mol. The molecule has 2 aromatic heterocycles. The number of pyridine rings is 1. The van der Waals surface area contributed by atoms with Crippen LogP contribution in [0.15, 0.2) is 30.6 Å². The van der Waals surface area contributed by atoms with Crippen LogP contribution in [0.4, 0.5) is 0 Å². The summed E-state index contributed by atoms with van der Waals surface area (Å²) >= 11 is 0. The molecule has 1 amide bonds. The molecule has 2 aromatic rings. The molecule has 0 saturated carbocycles. The number of amides is 1. The molecule has 6 heteroatoms. The van der Waals surface area contributed by atoms with Gasteiger partial charge >= 0.3 is 0 Å². The maximum absolute atomic E-state index is 12.2. The zero-order valence-corrected chi connectivity index (χ0v) is 16.7. The second-order valence-electron chi connectivity index (χ2n) is 7.71. The highest BCUT2D eigenvalue weighted by molar-refractivity contribution is 5.78. The highest BCUT2D eigenvalue weighted by Gasteiger charge is 2.20. The largest absolute Gasteiger partial charge is 0.353 e. The van der Waals surface area contributed by atoms with E-state index in [0.29, 0.717) is 6.54 Å². The predicted octanol–water partition coefficient (Wildman–Crippen LogP) is 2.54. The summed E-state index contributed by atoms with van der Waals surface area (Å²) < 4.78 is 2.07. The minimum atomic E-state index is 0.160. The molecule has 3 rings (SSSR count). The Balaban J connectivity index is 1.37. The Morgan fingerprint density at radius 2 is 1.96 bits per heavy atom. The average molecular weight is 372 g/mol. The SMILES string of the molecule is CCCCCC(C)NC(=O)CN1CCN(Cc2cn3ccccc3n2)CC1. The molecule has 1 saturated heterocycles. The first kappa shape index (κ1) is 19.8. The van der Waals surface area contributed by atoms with Gasteiger partial charge in [-0.25, -0.2) is 4.98 Å². The highest BCUT2D eigenvalue weighted by atomic mass is 16.2. The lowest BCUT2D eigenvalue weighted by atomic mass is 10.1. The number of piperazine rings is 1. The standard InChI is InChI=1S/C21H33N5O/c1-3-4-5-8-18(2)22-21(27)17-25-13-11-24(12-14-25)15-19-16-26-10-7-6-9-20(26)23-19/h6-7,9-10,16,18H,3-5,8,11-15,17H2,1-2H3,(H,22,27). The van der Waals surface area contributed by atoms with Gasteiger partial charge in [0.05, 0.1) is 12.2 Å². The molecular formula is C21H33N5O. The Hall–Kier alpha value is -1.92. The minimum absolute atomic E-state index is 0.160. The highest BCUT2D eigenvalue weighted by Crippen LogP contribution is 2.10. The van der Waals surface area contributed by atoms with Gasteiger partial charge in [0.2, 0.25) is 5.91 Å². The molecule has 1 aliphatic rings. The molecule has 1 fully saturated rings. The number of carbonyl (C=O) groups is 1. The van der Waals surface area contributed by atoms with Crippen LogP contribution in [0, 0.1) is 0 Å². The van der Waals surface area contributed by atoms with E-state index in [0.717, 1.165) is 50.5 Å². The summed E-state index contributed by atoms with van der Waals surface area (Å²) in [5.74, 6) is 0.160. The third-order valence-electron chi connectivity index (χ3n) is 5.28. The van der Waals surface area contributed by atoms with Crippen molar-refractivity contribution in [2.75, 3.05) is 32.7 Å². The number of rotatable bonds is 9. The minimum Gasteiger partial charge on any atom is -0.353 e. The topological polar surface area (TPSA) is 52.9 Å². The van der Waals surface area contributed by atoms with Gasteiger partial charge in [0.1, 0.15) is 5.65 Å². The maximum Gasteiger partial charge on any atom is 0.234 e. The molecule has 0 aromatic carbocycles. The van der Waals surface area contributed by atoms with Crippen molar-refractivity contribution < 1.29 is 4.79 Å². The van der Waals surface area contributed by atoms with Gasteiger partial charge in [-0.3, -0.25) is 14.6 Å². The van der Waals surface area contributed by atoms with Crippen molar-refractivity contribution in [2.24, 2.45) is 0 Å². The van der Waals surface area contributed by atoms with Gasteiger partial charge < -0.3 is 9.72 Å². The number of nitrogens with zero attached hydrogens (tertiary/aromatic N) is 4. The average Bonchev–Trinajstić information content (AvgIpc) is 3.05. The number of hydrogen-bond acceptors (Lipinski definition) is 4. The van der Waals surface area contributed by atoms with Gasteiger partial charge in [0, 0.05) is 51.2 Å². The van der Waals surface area contributed by atoms with Gasteiger partial charge in [-0.15, -0.1) is 0 Å². The van der Waals surface area contributed by atoms with E-state index < -0.39 is 0 Å². The molecule has 3 heterocycles. The van der Waals surface area contributed by atoms with Gasteiger partial charge in [0.15, 0.2) is 0 Å². The van der Waals surface area contributed by atoms with Crippen LogP contribution in [0.5, 0.6) is 0 Å². The number of nitrogens with one attached hydrogen (secondary N) is 1. The van der Waals surface area contributed by atoms with Gasteiger partial charge in [-0.05, 0) is 25.5 Å². The first-order chi connectivity index (χ1) is 13.1. The van der Waals surface area contributed by atoms with E-state index in [2.05, 4.69) is 44.5 Å². The fourth-order valence-corrected chi connectivity index (χ4v) is 3.69. The summed E-state index contributed by atoms with van der Waals surface area (Å²) in [6, 6.07) is 6.34. The Kier molecular flexibility index (Phi) is 7.24. The van der Waals surface area contributed by atoms with Crippen LogP contribution < -0.4 is 5.32 Å². The summed E-state index contributed by atoms with van der Waals surface area (Å²) in [6.45, 7) is 9.53. The van der Waals surface area contributed by atoms with Gasteiger partial charge in [-0.2, -0.15) is 0 Å². The lowest BCUT2D eigenvalue weighted by Crippen LogP contribution is -2.50. The van der Waals surface area contributed by atoms with Crippen LogP contribution in [0.2, 0.25) is 0 Å². The van der Waals surface area contributed by atoms with Crippen LogP contribution in [0.25, 0.3) is 5.65 Å². The molecule has 6 nitrogen and oxygen atoms in total. The van der Waals surface area contributed by atoms with Crippen LogP contribution in [0.3, 0.4) is 0 Å². The number of imidazole rings is 1. The van der Waals surface area contributed by atoms with E-state index in [1.165, 1.54) is 19.3 Å². The lowest BCUT2D eigenvalue weighted by molar-refractivity contribution is -0.123. The molecular weight excluding hydrogens is 338 g/mol. The Morgan fingerprint density at radius 1 is 1.19 bits per heavy atom. The number of aromatic nitrogens is 2. The molecule has 27 heavy (non-hydrogen) atoms. The van der Waals surface area contributed by atoms with Gasteiger partial charge in [-0.1, -0.05) is 32.3 Å². The Bertz CT molecular complexity index is 687. The van der Waals surface area contributed by atoms with Crippen molar-refractivity contribution >= 4 is 11.6 Å². The molecule has 0 spiro atoms. The third-order valence-corrected chi connectivity index (χ3v) is 5.28. The number of hydrogen-bond donors (Lipinski definition) is 1. The van der Waals surface area contributed by atoms with Crippen molar-refractivity contribution in [1.29, 1.82) is 0 Å². The van der Waals surface area contributed by atoms with E-state index in [4.69, 9.17) is 0 Å². The number of unbranched alkanes of at least 4 members (excludes halogenated alkanes) is 2. The van der Waals surface area contributed by atoms with E-state index in [1.807, 2.05) is 24.4 Å². The molecule has 148 valence electrons. The van der Waals surface area contributed by atoms with Crippen molar-refractivity contribution in [3.05, 3.63) is 36.3 Å². The molecule has 0 bridgehead atoms. The molecule has 1 atom stereocenters. The summed E-state index contributed by atoms with van der Waals surface area (Å²) in [4.78, 5) is 21.6. The molecule has 1 unspecified atom stereocenters. The second-order valence-corrected chi connectivity index (χ2v) is 7.71. The number of fused-ring (bicyclic) bond motifs is 1. The first-order valence-electron chi connectivity index (χ1n) is 10.3. The fourth-order valence-electron chi connectivity index (χ4n) is 3.69. The summed E-state index contributed by atoms with van der Waals surface area (Å²) in [5, 5.41) is 3.15. The van der Waals surface area contributed by atoms with Crippen LogP contribution in [-0.4, -0.2) is 63.9 Å². The van der Waals surface area contributed by atoms with Gasteiger partial charge in [0.25, 0.3) is 0 Å². The van der Waals surface area contributed by atoms with E-state index in [-0.39, 0.29) is 11.9 Å². The lowest BCUT2D eigenvalue weighted by Gasteiger charge is -2.34. The quantitative estimate of drug-likeness (QED) is 0.688. The van der Waals surface area contributed by atoms with Crippen LogP contribution in [0.1, 0.15) is 45.2 Å². The first-order valence-corrected chi connectivity index (χ1v) is 10.3. The maximum atomic E-state index is 12.2. The van der Waals surface area contributed by atoms with Crippen LogP contribution >= 0.6 is 0 Å². The molecule has 1 aliphatic heterocycles. The zero-order chi connectivity index (χ0) is 19.1.